The van der Waals surface area contributed by atoms with Crippen LogP contribution in [-0.4, -0.2) is 11.8 Å². The van der Waals surface area contributed by atoms with Crippen LogP contribution in [0, 0.1) is 5.41 Å². The molecule has 0 radical (unpaired) electrons. The molecule has 0 amide bonds. The number of carbonyl (C=O) groups excluding carboxylic acids is 2. The summed E-state index contributed by atoms with van der Waals surface area (Å²) in [5.74, 6) is -0.719. The van der Waals surface area contributed by atoms with Gasteiger partial charge in [0, 0.05) is 0 Å². The van der Waals surface area contributed by atoms with Gasteiger partial charge < -0.3 is 4.74 Å². The minimum Gasteiger partial charge on any atom is -0.460 e. The van der Waals surface area contributed by atoms with Crippen molar-refractivity contribution >= 4 is 22.5 Å². The summed E-state index contributed by atoms with van der Waals surface area (Å²) >= 11 is 0. The van der Waals surface area contributed by atoms with E-state index in [0.29, 0.717) is 0 Å². The molecule has 1 atom stereocenters. The number of carbonyl (C=O) groups is 2. The fourth-order valence-corrected chi connectivity index (χ4v) is 2.38. The molecular weight excluding hydrogens is 276 g/mol. The molecule has 0 aromatic heterocycles. The maximum atomic E-state index is 12.3. The summed E-state index contributed by atoms with van der Waals surface area (Å²) in [6.07, 6.45) is 1.84. The molecule has 0 saturated heterocycles. The van der Waals surface area contributed by atoms with E-state index in [2.05, 4.69) is 6.58 Å². The first-order valence-electron chi connectivity index (χ1n) is 7.25. The Labute approximate surface area is 130 Å². The van der Waals surface area contributed by atoms with Crippen molar-refractivity contribution in [3.63, 3.8) is 0 Å². The Bertz CT molecular complexity index is 712. The number of Topliss-reactive ketones (excluding diaryl/α,β-unsaturated/α-hetero) is 1. The highest BCUT2D eigenvalue weighted by Crippen LogP contribution is 2.26. The highest BCUT2D eigenvalue weighted by atomic mass is 16.5. The number of ether oxygens (including phenoxy) is 1. The predicted octanol–water partition coefficient (Wildman–Crippen LogP) is 4.05. The summed E-state index contributed by atoms with van der Waals surface area (Å²) < 4.78 is 5.41. The Morgan fingerprint density at radius 2 is 1.86 bits per heavy atom. The standard InChI is InChI=1S/C19H20O3/c1-4-12-19(3,14(2)20)18(21)22-13-16-10-7-9-15-8-5-6-11-17(15)16/h4-11H,1,12-13H2,2-3H3. The molecule has 22 heavy (non-hydrogen) atoms. The van der Waals surface area contributed by atoms with E-state index in [1.165, 1.54) is 6.92 Å². The minimum atomic E-state index is -1.16. The second-order valence-electron chi connectivity index (χ2n) is 5.60. The number of allylic oxidation sites excluding steroid dienone is 1. The maximum absolute atomic E-state index is 12.3. The summed E-state index contributed by atoms with van der Waals surface area (Å²) in [6.45, 7) is 6.77. The summed E-state index contributed by atoms with van der Waals surface area (Å²) in [7, 11) is 0. The molecular formula is C19H20O3. The number of esters is 1. The lowest BCUT2D eigenvalue weighted by Gasteiger charge is -2.23. The van der Waals surface area contributed by atoms with Crippen molar-refractivity contribution in [2.24, 2.45) is 5.41 Å². The molecule has 0 aliphatic heterocycles. The van der Waals surface area contributed by atoms with Gasteiger partial charge in [0.15, 0.2) is 0 Å². The van der Waals surface area contributed by atoms with Crippen molar-refractivity contribution < 1.29 is 14.3 Å². The molecule has 0 bridgehead atoms. The number of hydrogen-bond acceptors (Lipinski definition) is 3. The van der Waals surface area contributed by atoms with Crippen molar-refractivity contribution in [2.75, 3.05) is 0 Å². The number of ketones is 1. The van der Waals surface area contributed by atoms with Gasteiger partial charge in [0.1, 0.15) is 17.8 Å². The zero-order valence-electron chi connectivity index (χ0n) is 13.0. The van der Waals surface area contributed by atoms with Crippen LogP contribution in [0.3, 0.4) is 0 Å². The Morgan fingerprint density at radius 1 is 1.18 bits per heavy atom. The zero-order chi connectivity index (χ0) is 16.2. The van der Waals surface area contributed by atoms with Gasteiger partial charge in [-0.2, -0.15) is 0 Å². The van der Waals surface area contributed by atoms with Crippen LogP contribution in [0.4, 0.5) is 0 Å². The molecule has 0 aliphatic rings. The van der Waals surface area contributed by atoms with Crippen LogP contribution in [0.2, 0.25) is 0 Å². The summed E-state index contributed by atoms with van der Waals surface area (Å²) in [5.41, 5.74) is -0.234. The molecule has 2 aromatic carbocycles. The molecule has 3 heteroatoms. The van der Waals surface area contributed by atoms with Crippen LogP contribution in [-0.2, 0) is 20.9 Å². The molecule has 2 rings (SSSR count). The monoisotopic (exact) mass is 296 g/mol. The molecule has 0 aliphatic carbocycles. The SMILES string of the molecule is C=CCC(C)(C(C)=O)C(=O)OCc1cccc2ccccc12. The van der Waals surface area contributed by atoms with E-state index in [-0.39, 0.29) is 18.8 Å². The average molecular weight is 296 g/mol. The van der Waals surface area contributed by atoms with Crippen LogP contribution in [0.1, 0.15) is 25.8 Å². The summed E-state index contributed by atoms with van der Waals surface area (Å²) in [5, 5.41) is 2.14. The first-order valence-corrected chi connectivity index (χ1v) is 7.25. The van der Waals surface area contributed by atoms with Crippen LogP contribution >= 0.6 is 0 Å². The molecule has 0 fully saturated rings. The number of rotatable bonds is 6. The van der Waals surface area contributed by atoms with Gasteiger partial charge in [0.05, 0.1) is 0 Å². The minimum absolute atomic E-state index is 0.153. The van der Waals surface area contributed by atoms with E-state index in [4.69, 9.17) is 4.74 Å². The van der Waals surface area contributed by atoms with Crippen molar-refractivity contribution in [3.8, 4) is 0 Å². The van der Waals surface area contributed by atoms with Crippen molar-refractivity contribution in [3.05, 3.63) is 60.7 Å². The van der Waals surface area contributed by atoms with Gasteiger partial charge in [0.25, 0.3) is 0 Å². The third-order valence-corrected chi connectivity index (χ3v) is 4.02. The van der Waals surface area contributed by atoms with Crippen LogP contribution < -0.4 is 0 Å². The van der Waals surface area contributed by atoms with Gasteiger partial charge in [-0.25, -0.2) is 0 Å². The van der Waals surface area contributed by atoms with Gasteiger partial charge in [0.2, 0.25) is 0 Å². The zero-order valence-corrected chi connectivity index (χ0v) is 13.0. The van der Waals surface area contributed by atoms with Gasteiger partial charge in [-0.3, -0.25) is 9.59 Å². The second-order valence-corrected chi connectivity index (χ2v) is 5.60. The maximum Gasteiger partial charge on any atom is 0.319 e. The van der Waals surface area contributed by atoms with Gasteiger partial charge in [-0.15, -0.1) is 6.58 Å². The third kappa shape index (κ3) is 3.08. The van der Waals surface area contributed by atoms with Gasteiger partial charge in [-0.1, -0.05) is 48.5 Å². The van der Waals surface area contributed by atoms with E-state index in [1.807, 2.05) is 42.5 Å². The highest BCUT2D eigenvalue weighted by Gasteiger charge is 2.38. The first-order chi connectivity index (χ1) is 10.5. The number of fused-ring (bicyclic) bond motifs is 1. The lowest BCUT2D eigenvalue weighted by molar-refractivity contribution is -0.159. The smallest absolute Gasteiger partial charge is 0.319 e. The molecule has 0 saturated carbocycles. The van der Waals surface area contributed by atoms with Crippen LogP contribution in [0.5, 0.6) is 0 Å². The van der Waals surface area contributed by atoms with Crippen molar-refractivity contribution in [2.45, 2.75) is 26.9 Å². The predicted molar refractivity (Wildman–Crippen MR) is 87.3 cm³/mol. The van der Waals surface area contributed by atoms with Crippen LogP contribution in [0.15, 0.2) is 55.1 Å². The lowest BCUT2D eigenvalue weighted by atomic mass is 9.83. The van der Waals surface area contributed by atoms with E-state index >= 15 is 0 Å². The van der Waals surface area contributed by atoms with Gasteiger partial charge in [-0.05, 0) is 36.6 Å². The molecule has 0 N–H and O–H groups in total. The number of benzene rings is 2. The van der Waals surface area contributed by atoms with E-state index < -0.39 is 11.4 Å². The first kappa shape index (κ1) is 16.0. The normalized spacial score (nSPS) is 13.4. The van der Waals surface area contributed by atoms with Crippen molar-refractivity contribution in [1.82, 2.24) is 0 Å². The van der Waals surface area contributed by atoms with Crippen LogP contribution in [0.25, 0.3) is 10.8 Å². The highest BCUT2D eigenvalue weighted by molar-refractivity contribution is 6.02. The fraction of sp³-hybridized carbons (Fsp3) is 0.263. The summed E-state index contributed by atoms with van der Waals surface area (Å²) in [6, 6.07) is 13.8. The number of hydrogen-bond donors (Lipinski definition) is 0. The molecule has 1 unspecified atom stereocenters. The molecule has 0 heterocycles. The average Bonchev–Trinajstić information content (AvgIpc) is 2.52. The molecule has 114 valence electrons. The van der Waals surface area contributed by atoms with E-state index in [1.54, 1.807) is 13.0 Å². The Hall–Kier alpha value is -2.42. The topological polar surface area (TPSA) is 43.4 Å². The molecule has 3 nitrogen and oxygen atoms in total. The Balaban J connectivity index is 2.19. The summed E-state index contributed by atoms with van der Waals surface area (Å²) in [4.78, 5) is 24.1. The lowest BCUT2D eigenvalue weighted by Crippen LogP contribution is -2.36. The third-order valence-electron chi connectivity index (χ3n) is 4.02. The largest absolute Gasteiger partial charge is 0.460 e. The molecule has 2 aromatic rings. The quantitative estimate of drug-likeness (QED) is 0.459. The molecule has 0 spiro atoms. The Kier molecular flexibility index (Phi) is 4.76. The van der Waals surface area contributed by atoms with Gasteiger partial charge >= 0.3 is 5.97 Å². The van der Waals surface area contributed by atoms with E-state index in [9.17, 15) is 9.59 Å². The van der Waals surface area contributed by atoms with E-state index in [0.717, 1.165) is 16.3 Å². The second kappa shape index (κ2) is 6.56. The Morgan fingerprint density at radius 3 is 2.55 bits per heavy atom. The van der Waals surface area contributed by atoms with Crippen molar-refractivity contribution in [1.29, 1.82) is 0 Å². The fourth-order valence-electron chi connectivity index (χ4n) is 2.38.